The zero-order valence-corrected chi connectivity index (χ0v) is 13.8. The summed E-state index contributed by atoms with van der Waals surface area (Å²) in [6, 6.07) is 12.7. The van der Waals surface area contributed by atoms with Gasteiger partial charge in [0.1, 0.15) is 11.6 Å². The molecule has 3 aromatic rings. The molecule has 1 amide bonds. The first-order chi connectivity index (χ1) is 12.6. The molecule has 1 saturated carbocycles. The van der Waals surface area contributed by atoms with Gasteiger partial charge in [0, 0.05) is 24.2 Å². The van der Waals surface area contributed by atoms with Crippen LogP contribution in [0.2, 0.25) is 0 Å². The van der Waals surface area contributed by atoms with Crippen molar-refractivity contribution in [2.24, 2.45) is 0 Å². The minimum Gasteiger partial charge on any atom is -0.330 e. The number of amides is 1. The fourth-order valence-electron chi connectivity index (χ4n) is 2.78. The molecular formula is C19H16F2N4O. The van der Waals surface area contributed by atoms with Crippen LogP contribution in [0.1, 0.15) is 28.9 Å². The Morgan fingerprint density at radius 3 is 2.62 bits per heavy atom. The summed E-state index contributed by atoms with van der Waals surface area (Å²) in [7, 11) is 0. The van der Waals surface area contributed by atoms with E-state index < -0.39 is 11.6 Å². The smallest absolute Gasteiger partial charge is 0.276 e. The molecule has 0 atom stereocenters. The number of hydrogen-bond donors (Lipinski definition) is 0. The van der Waals surface area contributed by atoms with E-state index in [0.29, 0.717) is 0 Å². The van der Waals surface area contributed by atoms with Crippen LogP contribution in [0.25, 0.3) is 5.69 Å². The molecule has 1 fully saturated rings. The van der Waals surface area contributed by atoms with Gasteiger partial charge in [-0.05, 0) is 31.0 Å². The first kappa shape index (κ1) is 16.4. The minimum absolute atomic E-state index is 0.0498. The quantitative estimate of drug-likeness (QED) is 0.706. The molecule has 0 spiro atoms. The van der Waals surface area contributed by atoms with Crippen molar-refractivity contribution in [3.8, 4) is 5.69 Å². The van der Waals surface area contributed by atoms with Gasteiger partial charge in [-0.25, -0.2) is 8.78 Å². The average molecular weight is 354 g/mol. The number of hydrogen-bond acceptors (Lipinski definition) is 3. The van der Waals surface area contributed by atoms with Crippen molar-refractivity contribution in [1.29, 1.82) is 0 Å². The lowest BCUT2D eigenvalue weighted by Crippen LogP contribution is -2.33. The molecule has 132 valence electrons. The summed E-state index contributed by atoms with van der Waals surface area (Å²) >= 11 is 0. The highest BCUT2D eigenvalue weighted by atomic mass is 19.1. The standard InChI is InChI=1S/C19H16F2N4O/c20-14-7-6-13(17(21)10-14)12-24(15-8-9-15)19(26)18-11-22-25(23-18)16-4-2-1-3-5-16/h1-7,10-11,15H,8-9,12H2. The summed E-state index contributed by atoms with van der Waals surface area (Å²) in [5, 5.41) is 8.39. The van der Waals surface area contributed by atoms with E-state index >= 15 is 0 Å². The summed E-state index contributed by atoms with van der Waals surface area (Å²) in [6.45, 7) is 0.0772. The first-order valence-electron chi connectivity index (χ1n) is 8.34. The Labute approximate surface area is 148 Å². The van der Waals surface area contributed by atoms with Crippen molar-refractivity contribution < 1.29 is 13.6 Å². The Bertz CT molecular complexity index is 938. The number of nitrogens with zero attached hydrogens (tertiary/aromatic N) is 4. The van der Waals surface area contributed by atoms with Crippen LogP contribution in [-0.2, 0) is 6.54 Å². The third-order valence-electron chi connectivity index (χ3n) is 4.30. The van der Waals surface area contributed by atoms with E-state index in [2.05, 4.69) is 10.2 Å². The van der Waals surface area contributed by atoms with Gasteiger partial charge < -0.3 is 4.90 Å². The van der Waals surface area contributed by atoms with Crippen molar-refractivity contribution in [2.45, 2.75) is 25.4 Å². The minimum atomic E-state index is -0.656. The Kier molecular flexibility index (Phi) is 4.20. The second kappa shape index (κ2) is 6.67. The predicted octanol–water partition coefficient (Wildman–Crippen LogP) is 3.35. The summed E-state index contributed by atoms with van der Waals surface area (Å²) in [4.78, 5) is 15.8. The van der Waals surface area contributed by atoms with Gasteiger partial charge in [-0.2, -0.15) is 9.90 Å². The number of para-hydroxylation sites is 1. The molecule has 1 aliphatic carbocycles. The monoisotopic (exact) mass is 354 g/mol. The van der Waals surface area contributed by atoms with E-state index in [1.54, 1.807) is 4.90 Å². The summed E-state index contributed by atoms with van der Waals surface area (Å²) < 4.78 is 27.1. The third kappa shape index (κ3) is 3.33. The summed E-state index contributed by atoms with van der Waals surface area (Å²) in [5.41, 5.74) is 1.22. The van der Waals surface area contributed by atoms with Crippen LogP contribution in [0.15, 0.2) is 54.7 Å². The molecule has 0 unspecified atom stereocenters. The lowest BCUT2D eigenvalue weighted by atomic mass is 10.2. The van der Waals surface area contributed by atoms with E-state index in [4.69, 9.17) is 0 Å². The number of carbonyl (C=O) groups excluding carboxylic acids is 1. The van der Waals surface area contributed by atoms with Crippen LogP contribution in [0.3, 0.4) is 0 Å². The Morgan fingerprint density at radius 2 is 1.92 bits per heavy atom. The van der Waals surface area contributed by atoms with Crippen molar-refractivity contribution >= 4 is 5.91 Å². The second-order valence-electron chi connectivity index (χ2n) is 6.25. The molecule has 2 aromatic carbocycles. The van der Waals surface area contributed by atoms with Crippen molar-refractivity contribution in [3.05, 3.63) is 77.6 Å². The Balaban J connectivity index is 1.57. The molecule has 5 nitrogen and oxygen atoms in total. The Hall–Kier alpha value is -3.09. The molecule has 1 heterocycles. The van der Waals surface area contributed by atoms with Crippen LogP contribution >= 0.6 is 0 Å². The topological polar surface area (TPSA) is 51.0 Å². The highest BCUT2D eigenvalue weighted by molar-refractivity contribution is 5.92. The zero-order valence-electron chi connectivity index (χ0n) is 13.8. The molecule has 4 rings (SSSR count). The molecule has 1 aliphatic rings. The van der Waals surface area contributed by atoms with Crippen LogP contribution in [0.4, 0.5) is 8.78 Å². The van der Waals surface area contributed by atoms with Crippen LogP contribution < -0.4 is 0 Å². The number of carbonyl (C=O) groups is 1. The van der Waals surface area contributed by atoms with E-state index in [9.17, 15) is 13.6 Å². The van der Waals surface area contributed by atoms with Crippen LogP contribution in [0, 0.1) is 11.6 Å². The predicted molar refractivity (Wildman–Crippen MR) is 90.6 cm³/mol. The highest BCUT2D eigenvalue weighted by Crippen LogP contribution is 2.30. The molecule has 1 aromatic heterocycles. The van der Waals surface area contributed by atoms with Gasteiger partial charge in [0.25, 0.3) is 5.91 Å². The van der Waals surface area contributed by atoms with E-state index in [-0.39, 0.29) is 29.8 Å². The van der Waals surface area contributed by atoms with Gasteiger partial charge in [-0.1, -0.05) is 24.3 Å². The number of aromatic nitrogens is 3. The molecular weight excluding hydrogens is 338 g/mol. The van der Waals surface area contributed by atoms with E-state index in [1.807, 2.05) is 30.3 Å². The fourth-order valence-corrected chi connectivity index (χ4v) is 2.78. The largest absolute Gasteiger partial charge is 0.330 e. The van der Waals surface area contributed by atoms with Gasteiger partial charge in [0.2, 0.25) is 0 Å². The number of benzene rings is 2. The molecule has 26 heavy (non-hydrogen) atoms. The van der Waals surface area contributed by atoms with Gasteiger partial charge in [0.05, 0.1) is 11.9 Å². The molecule has 0 radical (unpaired) electrons. The van der Waals surface area contributed by atoms with Crippen molar-refractivity contribution in [3.63, 3.8) is 0 Å². The maximum atomic E-state index is 14.0. The highest BCUT2D eigenvalue weighted by Gasteiger charge is 2.34. The van der Waals surface area contributed by atoms with Gasteiger partial charge in [-0.3, -0.25) is 4.79 Å². The maximum Gasteiger partial charge on any atom is 0.276 e. The van der Waals surface area contributed by atoms with Gasteiger partial charge in [0.15, 0.2) is 5.69 Å². The van der Waals surface area contributed by atoms with Gasteiger partial charge in [-0.15, -0.1) is 5.10 Å². The first-order valence-corrected chi connectivity index (χ1v) is 8.34. The second-order valence-corrected chi connectivity index (χ2v) is 6.25. The molecule has 0 aliphatic heterocycles. The molecule has 0 N–H and O–H groups in total. The molecule has 0 saturated heterocycles. The zero-order chi connectivity index (χ0) is 18.1. The molecule has 7 heteroatoms. The third-order valence-corrected chi connectivity index (χ3v) is 4.30. The molecule has 0 bridgehead atoms. The SMILES string of the molecule is O=C(c1cnn(-c2ccccc2)n1)N(Cc1ccc(F)cc1F)C1CC1. The summed E-state index contributed by atoms with van der Waals surface area (Å²) in [6.07, 6.45) is 3.13. The number of rotatable bonds is 5. The fraction of sp³-hybridized carbons (Fsp3) is 0.211. The maximum absolute atomic E-state index is 14.0. The lowest BCUT2D eigenvalue weighted by molar-refractivity contribution is 0.0721. The number of halogens is 2. The van der Waals surface area contributed by atoms with Crippen molar-refractivity contribution in [1.82, 2.24) is 19.9 Å². The average Bonchev–Trinajstić information content (AvgIpc) is 3.36. The van der Waals surface area contributed by atoms with Crippen LogP contribution in [-0.4, -0.2) is 31.8 Å². The van der Waals surface area contributed by atoms with Crippen molar-refractivity contribution in [2.75, 3.05) is 0 Å². The Morgan fingerprint density at radius 1 is 1.15 bits per heavy atom. The van der Waals surface area contributed by atoms with E-state index in [0.717, 1.165) is 24.6 Å². The lowest BCUT2D eigenvalue weighted by Gasteiger charge is -2.21. The van der Waals surface area contributed by atoms with Crippen LogP contribution in [0.5, 0.6) is 0 Å². The van der Waals surface area contributed by atoms with Gasteiger partial charge >= 0.3 is 0 Å². The summed E-state index contributed by atoms with van der Waals surface area (Å²) in [5.74, 6) is -1.60. The normalized spacial score (nSPS) is 13.6. The van der Waals surface area contributed by atoms with E-state index in [1.165, 1.54) is 23.1 Å².